The predicted octanol–water partition coefficient (Wildman–Crippen LogP) is 3.77. The number of rotatable bonds is 5. The summed E-state index contributed by atoms with van der Waals surface area (Å²) >= 11 is 1.87. The molecule has 0 fully saturated rings. The van der Waals surface area contributed by atoms with Crippen molar-refractivity contribution in [1.82, 2.24) is 10.3 Å². The van der Waals surface area contributed by atoms with Gasteiger partial charge < -0.3 is 10.2 Å². The van der Waals surface area contributed by atoms with E-state index in [1.807, 2.05) is 11.3 Å². The van der Waals surface area contributed by atoms with Crippen LogP contribution in [0.1, 0.15) is 41.9 Å². The fourth-order valence-corrected chi connectivity index (χ4v) is 4.25. The van der Waals surface area contributed by atoms with Crippen molar-refractivity contribution < 1.29 is 0 Å². The van der Waals surface area contributed by atoms with Gasteiger partial charge in [-0.3, -0.25) is 0 Å². The Bertz CT molecular complexity index is 579. The molecule has 0 saturated carbocycles. The van der Waals surface area contributed by atoms with Gasteiger partial charge in [-0.25, -0.2) is 4.98 Å². The highest BCUT2D eigenvalue weighted by molar-refractivity contribution is 7.15. The number of fused-ring (bicyclic) bond motifs is 1. The molecule has 0 spiro atoms. The van der Waals surface area contributed by atoms with Crippen molar-refractivity contribution in [3.8, 4) is 0 Å². The molecule has 1 atom stereocenters. The van der Waals surface area contributed by atoms with Crippen LogP contribution in [0.15, 0.2) is 30.3 Å². The van der Waals surface area contributed by atoms with Crippen LogP contribution < -0.4 is 10.2 Å². The lowest BCUT2D eigenvalue weighted by Gasteiger charge is -2.20. The van der Waals surface area contributed by atoms with Gasteiger partial charge >= 0.3 is 0 Å². The smallest absolute Gasteiger partial charge is 0.186 e. The van der Waals surface area contributed by atoms with E-state index in [0.29, 0.717) is 6.04 Å². The molecule has 112 valence electrons. The summed E-state index contributed by atoms with van der Waals surface area (Å²) in [6.45, 7) is 4.14. The van der Waals surface area contributed by atoms with Crippen LogP contribution in [0.3, 0.4) is 0 Å². The predicted molar refractivity (Wildman–Crippen MR) is 90.0 cm³/mol. The van der Waals surface area contributed by atoms with E-state index in [4.69, 9.17) is 4.98 Å². The molecule has 0 bridgehead atoms. The number of aryl methyl sites for hydroxylation is 1. The Morgan fingerprint density at radius 2 is 2.14 bits per heavy atom. The first kappa shape index (κ1) is 14.5. The van der Waals surface area contributed by atoms with Crippen molar-refractivity contribution in [2.45, 2.75) is 38.8 Å². The van der Waals surface area contributed by atoms with E-state index in [1.165, 1.54) is 34.1 Å². The Hall–Kier alpha value is -1.39. The fourth-order valence-electron chi connectivity index (χ4n) is 2.94. The topological polar surface area (TPSA) is 28.2 Å². The number of nitrogens with zero attached hydrogens (tertiary/aromatic N) is 2. The van der Waals surface area contributed by atoms with Gasteiger partial charge in [0.2, 0.25) is 0 Å². The Labute approximate surface area is 131 Å². The second-order valence-corrected chi connectivity index (χ2v) is 6.55. The molecule has 3 rings (SSSR count). The summed E-state index contributed by atoms with van der Waals surface area (Å²) in [6, 6.07) is 11.1. The summed E-state index contributed by atoms with van der Waals surface area (Å²) in [4.78, 5) is 8.75. The molecule has 2 aromatic rings. The van der Waals surface area contributed by atoms with Crippen molar-refractivity contribution >= 4 is 16.5 Å². The third kappa shape index (κ3) is 3.11. The first-order valence-corrected chi connectivity index (χ1v) is 8.59. The summed E-state index contributed by atoms with van der Waals surface area (Å²) in [5.41, 5.74) is 2.66. The standard InChI is InChI=1S/C17H23N3S/c1-3-20(12-13-8-5-4-6-9-13)17-19-15-11-7-10-14(18-2)16(15)21-17/h4-6,8-9,14,18H,3,7,10-12H2,1-2H3. The maximum Gasteiger partial charge on any atom is 0.186 e. The summed E-state index contributed by atoms with van der Waals surface area (Å²) in [5.74, 6) is 0. The molecule has 0 amide bonds. The monoisotopic (exact) mass is 301 g/mol. The Morgan fingerprint density at radius 3 is 2.86 bits per heavy atom. The number of aromatic nitrogens is 1. The van der Waals surface area contributed by atoms with Gasteiger partial charge in [0.05, 0.1) is 5.69 Å². The molecular weight excluding hydrogens is 278 g/mol. The molecule has 0 aliphatic heterocycles. The number of thiazole rings is 1. The highest BCUT2D eigenvalue weighted by Gasteiger charge is 2.24. The summed E-state index contributed by atoms with van der Waals surface area (Å²) in [5, 5.41) is 4.61. The molecular formula is C17H23N3S. The highest BCUT2D eigenvalue weighted by Crippen LogP contribution is 2.37. The van der Waals surface area contributed by atoms with Crippen molar-refractivity contribution in [3.63, 3.8) is 0 Å². The van der Waals surface area contributed by atoms with Crippen LogP contribution in [0.4, 0.5) is 5.13 Å². The lowest BCUT2D eigenvalue weighted by molar-refractivity contribution is 0.501. The molecule has 1 aromatic heterocycles. The van der Waals surface area contributed by atoms with Crippen molar-refractivity contribution in [3.05, 3.63) is 46.5 Å². The molecule has 1 aromatic carbocycles. The van der Waals surface area contributed by atoms with Gasteiger partial charge in [-0.2, -0.15) is 0 Å². The Balaban J connectivity index is 1.83. The molecule has 4 heteroatoms. The van der Waals surface area contributed by atoms with Gasteiger partial charge in [0, 0.05) is 24.0 Å². The highest BCUT2D eigenvalue weighted by atomic mass is 32.1. The first-order valence-electron chi connectivity index (χ1n) is 7.77. The van der Waals surface area contributed by atoms with Gasteiger partial charge in [-0.05, 0) is 38.8 Å². The van der Waals surface area contributed by atoms with Crippen LogP contribution in [0.25, 0.3) is 0 Å². The van der Waals surface area contributed by atoms with E-state index < -0.39 is 0 Å². The average Bonchev–Trinajstić information content (AvgIpc) is 2.97. The molecule has 3 nitrogen and oxygen atoms in total. The van der Waals surface area contributed by atoms with Gasteiger partial charge in [0.1, 0.15) is 0 Å². The van der Waals surface area contributed by atoms with E-state index in [-0.39, 0.29) is 0 Å². The second kappa shape index (κ2) is 6.58. The van der Waals surface area contributed by atoms with Gasteiger partial charge in [-0.1, -0.05) is 41.7 Å². The second-order valence-electron chi connectivity index (χ2n) is 5.54. The van der Waals surface area contributed by atoms with Crippen molar-refractivity contribution in [2.75, 3.05) is 18.5 Å². The minimum atomic E-state index is 0.496. The maximum absolute atomic E-state index is 4.92. The molecule has 21 heavy (non-hydrogen) atoms. The third-order valence-electron chi connectivity index (χ3n) is 4.16. The fraction of sp³-hybridized carbons (Fsp3) is 0.471. The van der Waals surface area contributed by atoms with Gasteiger partial charge in [-0.15, -0.1) is 0 Å². The van der Waals surface area contributed by atoms with Gasteiger partial charge in [0.15, 0.2) is 5.13 Å². The third-order valence-corrected chi connectivity index (χ3v) is 5.43. The van der Waals surface area contributed by atoms with E-state index in [1.54, 1.807) is 0 Å². The number of benzene rings is 1. The zero-order valence-electron chi connectivity index (χ0n) is 12.8. The molecule has 1 N–H and O–H groups in total. The minimum Gasteiger partial charge on any atom is -0.344 e. The van der Waals surface area contributed by atoms with Crippen molar-refractivity contribution in [1.29, 1.82) is 0 Å². The number of anilines is 1. The van der Waals surface area contributed by atoms with Gasteiger partial charge in [0.25, 0.3) is 0 Å². The molecule has 1 heterocycles. The minimum absolute atomic E-state index is 0.496. The zero-order valence-corrected chi connectivity index (χ0v) is 13.6. The van der Waals surface area contributed by atoms with E-state index >= 15 is 0 Å². The van der Waals surface area contributed by atoms with Crippen LogP contribution >= 0.6 is 11.3 Å². The normalized spacial score (nSPS) is 17.5. The molecule has 0 radical (unpaired) electrons. The van der Waals surface area contributed by atoms with Crippen LogP contribution in [0, 0.1) is 0 Å². The average molecular weight is 301 g/mol. The number of hydrogen-bond donors (Lipinski definition) is 1. The van der Waals surface area contributed by atoms with Crippen LogP contribution in [-0.2, 0) is 13.0 Å². The largest absolute Gasteiger partial charge is 0.344 e. The Kier molecular flexibility index (Phi) is 4.56. The summed E-state index contributed by atoms with van der Waals surface area (Å²) in [7, 11) is 2.06. The molecule has 0 saturated heterocycles. The molecule has 1 aliphatic carbocycles. The number of hydrogen-bond acceptors (Lipinski definition) is 4. The SMILES string of the molecule is CCN(Cc1ccccc1)c1nc2c(s1)C(NC)CCC2. The lowest BCUT2D eigenvalue weighted by atomic mass is 9.98. The van der Waals surface area contributed by atoms with Crippen LogP contribution in [0.5, 0.6) is 0 Å². The van der Waals surface area contributed by atoms with E-state index in [0.717, 1.165) is 19.5 Å². The van der Waals surface area contributed by atoms with Crippen LogP contribution in [-0.4, -0.2) is 18.6 Å². The van der Waals surface area contributed by atoms with E-state index in [9.17, 15) is 0 Å². The Morgan fingerprint density at radius 1 is 1.33 bits per heavy atom. The first-order chi connectivity index (χ1) is 10.3. The maximum atomic E-state index is 4.92. The quantitative estimate of drug-likeness (QED) is 0.911. The lowest BCUT2D eigenvalue weighted by Crippen LogP contribution is -2.21. The molecule has 1 aliphatic rings. The van der Waals surface area contributed by atoms with Crippen molar-refractivity contribution in [2.24, 2.45) is 0 Å². The van der Waals surface area contributed by atoms with Crippen LogP contribution in [0.2, 0.25) is 0 Å². The number of nitrogens with one attached hydrogen (secondary N) is 1. The zero-order chi connectivity index (χ0) is 14.7. The van der Waals surface area contributed by atoms with E-state index in [2.05, 4.69) is 54.5 Å². The summed E-state index contributed by atoms with van der Waals surface area (Å²) in [6.07, 6.45) is 3.61. The molecule has 1 unspecified atom stereocenters. The summed E-state index contributed by atoms with van der Waals surface area (Å²) < 4.78 is 0.